The molecule has 0 aliphatic rings. The summed E-state index contributed by atoms with van der Waals surface area (Å²) in [6.45, 7) is 0. The van der Waals surface area contributed by atoms with Gasteiger partial charge in [0, 0.05) is 12.3 Å². The highest BCUT2D eigenvalue weighted by Gasteiger charge is 2.13. The molecular weight excluding hydrogens is 228 g/mol. The topological polar surface area (TPSA) is 64.4 Å². The first-order valence-corrected chi connectivity index (χ1v) is 4.82. The number of carbonyl (C=O) groups excluding carboxylic acids is 1. The highest BCUT2D eigenvalue weighted by Crippen LogP contribution is 2.18. The molecule has 0 unspecified atom stereocenters. The zero-order valence-corrected chi connectivity index (χ0v) is 8.96. The van der Waals surface area contributed by atoms with Gasteiger partial charge in [-0.15, -0.1) is 5.10 Å². The third-order valence-electron chi connectivity index (χ3n) is 1.87. The Morgan fingerprint density at radius 1 is 1.38 bits per heavy atom. The predicted molar refractivity (Wildman–Crippen MR) is 59.7 cm³/mol. The largest absolute Gasteiger partial charge is 0.507 e. The van der Waals surface area contributed by atoms with Gasteiger partial charge in [0.1, 0.15) is 11.3 Å². The molecule has 0 radical (unpaired) electrons. The Morgan fingerprint density at radius 2 is 2.12 bits per heavy atom. The van der Waals surface area contributed by atoms with Crippen LogP contribution in [0, 0.1) is 0 Å². The number of hydrogen-bond acceptors (Lipinski definition) is 5. The molecule has 0 fully saturated rings. The normalized spacial score (nSPS) is 10.1. The maximum Gasteiger partial charge on any atom is 0.348 e. The summed E-state index contributed by atoms with van der Waals surface area (Å²) in [7, 11) is 0. The highest BCUT2D eigenvalue weighted by atomic mass is 32.1. The van der Waals surface area contributed by atoms with Crippen LogP contribution in [0.2, 0.25) is 0 Å². The Hall–Kier alpha value is -1.95. The second kappa shape index (κ2) is 4.28. The summed E-state index contributed by atoms with van der Waals surface area (Å²) in [5.41, 5.74) is 0.0937. The van der Waals surface area contributed by atoms with Crippen molar-refractivity contribution in [1.29, 1.82) is 0 Å². The van der Waals surface area contributed by atoms with Crippen LogP contribution in [0.5, 0.6) is 11.6 Å². The maximum absolute atomic E-state index is 11.6. The number of aromatic nitrogens is 2. The highest BCUT2D eigenvalue weighted by molar-refractivity contribution is 7.78. The molecule has 1 N–H and O–H groups in total. The van der Waals surface area contributed by atoms with Gasteiger partial charge in [0.05, 0.1) is 0 Å². The molecule has 1 aromatic heterocycles. The minimum atomic E-state index is -0.662. The van der Waals surface area contributed by atoms with Crippen molar-refractivity contribution in [1.82, 2.24) is 9.19 Å². The van der Waals surface area contributed by atoms with E-state index in [0.29, 0.717) is 0 Å². The van der Waals surface area contributed by atoms with E-state index < -0.39 is 5.97 Å². The van der Waals surface area contributed by atoms with Crippen LogP contribution >= 0.6 is 12.8 Å². The molecule has 0 atom stereocenters. The summed E-state index contributed by atoms with van der Waals surface area (Å²) >= 11 is 3.90. The lowest BCUT2D eigenvalue weighted by atomic mass is 10.2. The predicted octanol–water partition coefficient (Wildman–Crippen LogP) is 1.50. The molecule has 2 aromatic rings. The molecule has 5 nitrogen and oxygen atoms in total. The third-order valence-corrected chi connectivity index (χ3v) is 2.10. The van der Waals surface area contributed by atoms with E-state index in [2.05, 4.69) is 17.9 Å². The number of esters is 1. The van der Waals surface area contributed by atoms with Crippen molar-refractivity contribution in [2.45, 2.75) is 0 Å². The van der Waals surface area contributed by atoms with Crippen LogP contribution in [0.1, 0.15) is 10.4 Å². The Balaban J connectivity index is 2.18. The number of carbonyl (C=O) groups is 1. The van der Waals surface area contributed by atoms with Crippen LogP contribution in [-0.2, 0) is 0 Å². The van der Waals surface area contributed by atoms with Gasteiger partial charge in [-0.05, 0) is 24.9 Å². The first kappa shape index (κ1) is 10.6. The second-order valence-corrected chi connectivity index (χ2v) is 3.39. The van der Waals surface area contributed by atoms with E-state index >= 15 is 0 Å². The van der Waals surface area contributed by atoms with Gasteiger partial charge in [-0.1, -0.05) is 12.1 Å². The van der Waals surface area contributed by atoms with Crippen molar-refractivity contribution >= 4 is 18.8 Å². The molecule has 0 aliphatic heterocycles. The molecule has 0 saturated heterocycles. The van der Waals surface area contributed by atoms with Crippen molar-refractivity contribution in [2.75, 3.05) is 0 Å². The van der Waals surface area contributed by atoms with Gasteiger partial charge in [-0.3, -0.25) is 0 Å². The average molecular weight is 236 g/mol. The lowest BCUT2D eigenvalue weighted by Crippen LogP contribution is -2.09. The molecule has 1 heterocycles. The van der Waals surface area contributed by atoms with E-state index in [1.54, 1.807) is 12.1 Å². The number of hydrogen-bond donors (Lipinski definition) is 2. The van der Waals surface area contributed by atoms with Crippen molar-refractivity contribution in [2.24, 2.45) is 0 Å². The quantitative estimate of drug-likeness (QED) is 0.612. The molecule has 0 bridgehead atoms. The van der Waals surface area contributed by atoms with Gasteiger partial charge in [0.15, 0.2) is 0 Å². The van der Waals surface area contributed by atoms with Gasteiger partial charge < -0.3 is 9.84 Å². The fourth-order valence-corrected chi connectivity index (χ4v) is 1.30. The molecule has 0 aliphatic carbocycles. The first-order valence-electron chi connectivity index (χ1n) is 4.42. The standard InChI is InChI=1S/C10H8N2O3S/c13-8-4-2-1-3-7(8)10(14)15-9-5-6-12(16)11-9/h1-6,13,16H. The van der Waals surface area contributed by atoms with Crippen LogP contribution in [0.15, 0.2) is 36.5 Å². The minimum Gasteiger partial charge on any atom is -0.507 e. The zero-order chi connectivity index (χ0) is 11.5. The summed E-state index contributed by atoms with van der Waals surface area (Å²) in [6.07, 6.45) is 1.52. The summed E-state index contributed by atoms with van der Waals surface area (Å²) in [5.74, 6) is -0.661. The molecule has 6 heteroatoms. The monoisotopic (exact) mass is 236 g/mol. The number of phenolic OH excluding ortho intramolecular Hbond substituents is 1. The minimum absolute atomic E-state index is 0.0937. The molecule has 16 heavy (non-hydrogen) atoms. The van der Waals surface area contributed by atoms with Crippen LogP contribution in [0.25, 0.3) is 0 Å². The van der Waals surface area contributed by atoms with E-state index in [0.717, 1.165) is 0 Å². The lowest BCUT2D eigenvalue weighted by Gasteiger charge is -2.02. The summed E-state index contributed by atoms with van der Waals surface area (Å²) in [4.78, 5) is 11.6. The average Bonchev–Trinajstić information content (AvgIpc) is 2.64. The SMILES string of the molecule is O=C(Oc1ccn(S)n1)c1ccccc1O. The van der Waals surface area contributed by atoms with Gasteiger partial charge in [0.2, 0.25) is 5.88 Å². The number of thiol groups is 1. The number of rotatable bonds is 2. The summed E-state index contributed by atoms with van der Waals surface area (Å²) < 4.78 is 6.14. The second-order valence-electron chi connectivity index (χ2n) is 2.98. The van der Waals surface area contributed by atoms with E-state index in [1.165, 1.54) is 28.5 Å². The van der Waals surface area contributed by atoms with Crippen molar-refractivity contribution in [3.05, 3.63) is 42.1 Å². The fourth-order valence-electron chi connectivity index (χ4n) is 1.15. The lowest BCUT2D eigenvalue weighted by molar-refractivity contribution is 0.0724. The van der Waals surface area contributed by atoms with Gasteiger partial charge in [-0.2, -0.15) is 0 Å². The third kappa shape index (κ3) is 2.17. The molecule has 0 spiro atoms. The van der Waals surface area contributed by atoms with Gasteiger partial charge >= 0.3 is 5.97 Å². The smallest absolute Gasteiger partial charge is 0.348 e. The van der Waals surface area contributed by atoms with Gasteiger partial charge in [-0.25, -0.2) is 8.88 Å². The van der Waals surface area contributed by atoms with Crippen molar-refractivity contribution in [3.63, 3.8) is 0 Å². The molecule has 1 aromatic carbocycles. The number of nitrogens with zero attached hydrogens (tertiary/aromatic N) is 2. The van der Waals surface area contributed by atoms with Crippen LogP contribution in [-0.4, -0.2) is 20.3 Å². The molecule has 2 rings (SSSR count). The maximum atomic E-state index is 11.6. The van der Waals surface area contributed by atoms with Crippen LogP contribution in [0.3, 0.4) is 0 Å². The van der Waals surface area contributed by atoms with Crippen molar-refractivity contribution in [3.8, 4) is 11.6 Å². The van der Waals surface area contributed by atoms with Gasteiger partial charge in [0.25, 0.3) is 0 Å². The van der Waals surface area contributed by atoms with Crippen molar-refractivity contribution < 1.29 is 14.6 Å². The number of aromatic hydroxyl groups is 1. The van der Waals surface area contributed by atoms with E-state index in [-0.39, 0.29) is 17.2 Å². The van der Waals surface area contributed by atoms with Crippen LogP contribution < -0.4 is 4.74 Å². The summed E-state index contributed by atoms with van der Waals surface area (Å²) in [5, 5.41) is 13.2. The number of ether oxygens (including phenoxy) is 1. The Morgan fingerprint density at radius 3 is 2.75 bits per heavy atom. The van der Waals surface area contributed by atoms with E-state index in [4.69, 9.17) is 4.74 Å². The van der Waals surface area contributed by atoms with Crippen LogP contribution in [0.4, 0.5) is 0 Å². The van der Waals surface area contributed by atoms with E-state index in [1.807, 2.05) is 0 Å². The first-order chi connectivity index (χ1) is 7.66. The van der Waals surface area contributed by atoms with E-state index in [9.17, 15) is 9.90 Å². The number of para-hydroxylation sites is 1. The number of benzene rings is 1. The Kier molecular flexibility index (Phi) is 2.82. The molecule has 0 saturated carbocycles. The zero-order valence-electron chi connectivity index (χ0n) is 8.07. The summed E-state index contributed by atoms with van der Waals surface area (Å²) in [6, 6.07) is 7.62. The molecular formula is C10H8N2O3S. The molecule has 0 amide bonds. The Bertz CT molecular complexity index is 524. The number of phenols is 1. The Labute approximate surface area is 96.8 Å². The molecule has 82 valence electrons. The fraction of sp³-hybridized carbons (Fsp3) is 0.